The van der Waals surface area contributed by atoms with Crippen LogP contribution in [0.5, 0.6) is 11.5 Å². The monoisotopic (exact) mass is 324 g/mol. The van der Waals surface area contributed by atoms with Crippen molar-refractivity contribution in [2.24, 2.45) is 0 Å². The van der Waals surface area contributed by atoms with E-state index in [0.29, 0.717) is 11.5 Å². The minimum atomic E-state index is -0.573. The SMILES string of the molecule is COc1ccc([C@@H]2NCC[C@@]23C(=O)Nc2ccccc23)cc1OC. The number of rotatable bonds is 3. The maximum Gasteiger partial charge on any atom is 0.237 e. The van der Waals surface area contributed by atoms with Crippen molar-refractivity contribution >= 4 is 11.6 Å². The first-order valence-corrected chi connectivity index (χ1v) is 8.07. The van der Waals surface area contributed by atoms with Crippen LogP contribution in [0.25, 0.3) is 0 Å². The summed E-state index contributed by atoms with van der Waals surface area (Å²) in [7, 11) is 3.24. The minimum absolute atomic E-state index is 0.0634. The molecule has 0 aromatic heterocycles. The Morgan fingerprint density at radius 2 is 1.88 bits per heavy atom. The Kier molecular flexibility index (Phi) is 3.46. The molecule has 1 fully saturated rings. The molecule has 4 rings (SSSR count). The van der Waals surface area contributed by atoms with Crippen molar-refractivity contribution < 1.29 is 14.3 Å². The number of hydrogen-bond acceptors (Lipinski definition) is 4. The van der Waals surface area contributed by atoms with Crippen LogP contribution in [0.4, 0.5) is 5.69 Å². The minimum Gasteiger partial charge on any atom is -0.493 e. The summed E-state index contributed by atoms with van der Waals surface area (Å²) in [6.07, 6.45) is 0.773. The number of benzene rings is 2. The van der Waals surface area contributed by atoms with Crippen LogP contribution in [0, 0.1) is 0 Å². The molecular weight excluding hydrogens is 304 g/mol. The van der Waals surface area contributed by atoms with E-state index >= 15 is 0 Å². The van der Waals surface area contributed by atoms with Gasteiger partial charge in [0.1, 0.15) is 0 Å². The average Bonchev–Trinajstić information content (AvgIpc) is 3.18. The van der Waals surface area contributed by atoms with Crippen LogP contribution in [-0.2, 0) is 10.2 Å². The van der Waals surface area contributed by atoms with Gasteiger partial charge >= 0.3 is 0 Å². The first-order chi connectivity index (χ1) is 11.7. The molecule has 0 unspecified atom stereocenters. The zero-order valence-electron chi connectivity index (χ0n) is 13.8. The summed E-state index contributed by atoms with van der Waals surface area (Å²) in [5.74, 6) is 1.42. The second-order valence-corrected chi connectivity index (χ2v) is 6.22. The highest BCUT2D eigenvalue weighted by Gasteiger charge is 2.55. The molecule has 2 aromatic rings. The summed E-state index contributed by atoms with van der Waals surface area (Å²) in [5.41, 5.74) is 2.43. The predicted octanol–water partition coefficient (Wildman–Crippen LogP) is 2.63. The molecule has 5 heteroatoms. The van der Waals surface area contributed by atoms with Gasteiger partial charge in [0.05, 0.1) is 25.7 Å². The van der Waals surface area contributed by atoms with E-state index in [2.05, 4.69) is 10.6 Å². The van der Waals surface area contributed by atoms with Crippen LogP contribution >= 0.6 is 0 Å². The van der Waals surface area contributed by atoms with Gasteiger partial charge in [-0.1, -0.05) is 24.3 Å². The van der Waals surface area contributed by atoms with Crippen molar-refractivity contribution in [3.63, 3.8) is 0 Å². The van der Waals surface area contributed by atoms with Crippen molar-refractivity contribution in [3.05, 3.63) is 53.6 Å². The largest absolute Gasteiger partial charge is 0.493 e. The quantitative estimate of drug-likeness (QED) is 0.911. The third-order valence-corrected chi connectivity index (χ3v) is 5.16. The Labute approximate surface area is 141 Å². The Balaban J connectivity index is 1.83. The molecule has 2 aliphatic heterocycles. The molecule has 2 heterocycles. The van der Waals surface area contributed by atoms with Gasteiger partial charge in [-0.15, -0.1) is 0 Å². The first kappa shape index (κ1) is 15.0. The lowest BCUT2D eigenvalue weighted by molar-refractivity contribution is -0.121. The molecule has 0 aliphatic carbocycles. The number of anilines is 1. The number of hydrogen-bond donors (Lipinski definition) is 2. The maximum atomic E-state index is 12.9. The standard InChI is InChI=1S/C19H20N2O3/c1-23-15-8-7-12(11-16(15)24-2)17-19(9-10-20-17)13-5-3-4-6-14(13)21-18(19)22/h3-8,11,17,20H,9-10H2,1-2H3,(H,21,22)/t17-,19-/m0/s1. The summed E-state index contributed by atoms with van der Waals surface area (Å²) < 4.78 is 10.8. The summed E-state index contributed by atoms with van der Waals surface area (Å²) in [6, 6.07) is 13.7. The normalized spacial score (nSPS) is 24.8. The van der Waals surface area contributed by atoms with Crippen LogP contribution in [0.2, 0.25) is 0 Å². The number of fused-ring (bicyclic) bond motifs is 2. The number of amides is 1. The van der Waals surface area contributed by atoms with E-state index in [0.717, 1.165) is 29.8 Å². The van der Waals surface area contributed by atoms with Gasteiger partial charge in [0.25, 0.3) is 0 Å². The van der Waals surface area contributed by atoms with Gasteiger partial charge in [-0.3, -0.25) is 4.79 Å². The van der Waals surface area contributed by atoms with Crippen molar-refractivity contribution in [1.29, 1.82) is 0 Å². The Bertz CT molecular complexity index is 805. The van der Waals surface area contributed by atoms with Gasteiger partial charge in [0.2, 0.25) is 5.91 Å². The molecule has 1 amide bonds. The highest BCUT2D eigenvalue weighted by Crippen LogP contribution is 2.51. The Morgan fingerprint density at radius 1 is 1.08 bits per heavy atom. The lowest BCUT2D eigenvalue weighted by Gasteiger charge is -2.29. The van der Waals surface area contributed by atoms with Gasteiger partial charge in [0.15, 0.2) is 11.5 Å². The molecule has 0 bridgehead atoms. The number of carbonyl (C=O) groups is 1. The van der Waals surface area contributed by atoms with Gasteiger partial charge in [0, 0.05) is 5.69 Å². The number of ether oxygens (including phenoxy) is 2. The molecule has 5 nitrogen and oxygen atoms in total. The lowest BCUT2D eigenvalue weighted by Crippen LogP contribution is -2.39. The topological polar surface area (TPSA) is 59.6 Å². The number of para-hydroxylation sites is 1. The zero-order chi connectivity index (χ0) is 16.7. The number of nitrogens with one attached hydrogen (secondary N) is 2. The van der Waals surface area contributed by atoms with E-state index in [4.69, 9.17) is 9.47 Å². The van der Waals surface area contributed by atoms with Crippen molar-refractivity contribution in [3.8, 4) is 11.5 Å². The van der Waals surface area contributed by atoms with E-state index in [9.17, 15) is 4.79 Å². The van der Waals surface area contributed by atoms with E-state index in [1.165, 1.54) is 0 Å². The van der Waals surface area contributed by atoms with Crippen LogP contribution in [-0.4, -0.2) is 26.7 Å². The van der Waals surface area contributed by atoms with Crippen LogP contribution in [0.15, 0.2) is 42.5 Å². The van der Waals surface area contributed by atoms with E-state index < -0.39 is 5.41 Å². The van der Waals surface area contributed by atoms with Crippen LogP contribution in [0.1, 0.15) is 23.6 Å². The van der Waals surface area contributed by atoms with E-state index in [1.54, 1.807) is 14.2 Å². The lowest BCUT2D eigenvalue weighted by atomic mass is 9.73. The Hall–Kier alpha value is -2.53. The highest BCUT2D eigenvalue weighted by atomic mass is 16.5. The third kappa shape index (κ3) is 1.94. The van der Waals surface area contributed by atoms with E-state index in [1.807, 2.05) is 42.5 Å². The molecule has 0 radical (unpaired) electrons. The van der Waals surface area contributed by atoms with Crippen molar-refractivity contribution in [1.82, 2.24) is 5.32 Å². The predicted molar refractivity (Wildman–Crippen MR) is 91.7 cm³/mol. The van der Waals surface area contributed by atoms with E-state index in [-0.39, 0.29) is 11.9 Å². The van der Waals surface area contributed by atoms with Gasteiger partial charge in [-0.05, 0) is 42.3 Å². The smallest absolute Gasteiger partial charge is 0.237 e. The van der Waals surface area contributed by atoms with Crippen LogP contribution in [0.3, 0.4) is 0 Å². The summed E-state index contributed by atoms with van der Waals surface area (Å²) >= 11 is 0. The third-order valence-electron chi connectivity index (χ3n) is 5.16. The molecule has 2 atom stereocenters. The fourth-order valence-corrected chi connectivity index (χ4v) is 4.04. The second-order valence-electron chi connectivity index (χ2n) is 6.22. The first-order valence-electron chi connectivity index (χ1n) is 8.07. The molecule has 1 spiro atoms. The van der Waals surface area contributed by atoms with Gasteiger partial charge in [-0.25, -0.2) is 0 Å². The molecule has 124 valence electrons. The van der Waals surface area contributed by atoms with Gasteiger partial charge in [-0.2, -0.15) is 0 Å². The fraction of sp³-hybridized carbons (Fsp3) is 0.316. The zero-order valence-corrected chi connectivity index (χ0v) is 13.8. The molecule has 0 saturated carbocycles. The Morgan fingerprint density at radius 3 is 2.67 bits per heavy atom. The summed E-state index contributed by atoms with van der Waals surface area (Å²) in [5, 5.41) is 6.55. The number of methoxy groups -OCH3 is 2. The van der Waals surface area contributed by atoms with Crippen molar-refractivity contribution in [2.45, 2.75) is 17.9 Å². The van der Waals surface area contributed by atoms with Crippen LogP contribution < -0.4 is 20.1 Å². The molecular formula is C19H20N2O3. The molecule has 24 heavy (non-hydrogen) atoms. The highest BCUT2D eigenvalue weighted by molar-refractivity contribution is 6.07. The second kappa shape index (κ2) is 5.53. The average molecular weight is 324 g/mol. The van der Waals surface area contributed by atoms with Crippen molar-refractivity contribution in [2.75, 3.05) is 26.1 Å². The van der Waals surface area contributed by atoms with Gasteiger partial charge < -0.3 is 20.1 Å². The maximum absolute atomic E-state index is 12.9. The number of carbonyl (C=O) groups excluding carboxylic acids is 1. The fourth-order valence-electron chi connectivity index (χ4n) is 4.04. The molecule has 2 aliphatic rings. The summed E-state index contributed by atoms with van der Waals surface area (Å²) in [6.45, 7) is 0.792. The molecule has 1 saturated heterocycles. The molecule has 2 N–H and O–H groups in total. The molecule has 2 aromatic carbocycles. The summed E-state index contributed by atoms with van der Waals surface area (Å²) in [4.78, 5) is 12.9.